The first kappa shape index (κ1) is 23.6. The lowest BCUT2D eigenvalue weighted by Gasteiger charge is -2.57. The molecule has 3 heteroatoms. The molecule has 0 aromatic heterocycles. The summed E-state index contributed by atoms with van der Waals surface area (Å²) in [5, 5.41) is 0. The van der Waals surface area contributed by atoms with Gasteiger partial charge in [0, 0.05) is 6.54 Å². The van der Waals surface area contributed by atoms with Crippen LogP contribution in [0.15, 0.2) is 23.3 Å². The van der Waals surface area contributed by atoms with E-state index in [0.29, 0.717) is 29.3 Å². The molecule has 170 valence electrons. The first-order valence-corrected chi connectivity index (χ1v) is 12.3. The average Bonchev–Trinajstić information content (AvgIpc) is 2.65. The Bertz CT molecular complexity index is 700. The van der Waals surface area contributed by atoms with Crippen LogP contribution in [0.1, 0.15) is 86.0 Å². The second kappa shape index (κ2) is 8.81. The minimum Gasteiger partial charge on any atom is -0.462 e. The van der Waals surface area contributed by atoms with Crippen molar-refractivity contribution in [2.75, 3.05) is 27.2 Å². The molecule has 2 fully saturated rings. The summed E-state index contributed by atoms with van der Waals surface area (Å²) in [6, 6.07) is 0. The minimum absolute atomic E-state index is 0.122. The number of hydrogen-bond donors (Lipinski definition) is 0. The largest absolute Gasteiger partial charge is 0.462 e. The molecule has 0 N–H and O–H groups in total. The summed E-state index contributed by atoms with van der Waals surface area (Å²) in [7, 11) is 4.11. The van der Waals surface area contributed by atoms with Crippen LogP contribution in [0.2, 0.25) is 0 Å². The van der Waals surface area contributed by atoms with Gasteiger partial charge in [0.2, 0.25) is 0 Å². The summed E-state index contributed by atoms with van der Waals surface area (Å²) in [6.07, 6.45) is 14.4. The van der Waals surface area contributed by atoms with Crippen molar-refractivity contribution in [3.05, 3.63) is 23.3 Å². The van der Waals surface area contributed by atoms with Crippen LogP contribution in [0.25, 0.3) is 0 Å². The lowest BCUT2D eigenvalue weighted by Crippen LogP contribution is -2.48. The molecule has 0 aromatic carbocycles. The molecule has 3 aliphatic rings. The van der Waals surface area contributed by atoms with Gasteiger partial charge in [0.1, 0.15) is 0 Å². The third-order valence-electron chi connectivity index (χ3n) is 8.40. The maximum Gasteiger partial charge on any atom is 0.337 e. The van der Waals surface area contributed by atoms with Crippen molar-refractivity contribution in [3.8, 4) is 0 Å². The lowest BCUT2D eigenvalue weighted by molar-refractivity contribution is -0.139. The zero-order valence-electron chi connectivity index (χ0n) is 20.6. The quantitative estimate of drug-likeness (QED) is 0.371. The molecular formula is C27H45NO2. The van der Waals surface area contributed by atoms with Crippen LogP contribution in [0.3, 0.4) is 0 Å². The van der Waals surface area contributed by atoms with Gasteiger partial charge < -0.3 is 9.64 Å². The first-order chi connectivity index (χ1) is 14.0. The maximum absolute atomic E-state index is 13.0. The smallest absolute Gasteiger partial charge is 0.337 e. The third-order valence-corrected chi connectivity index (χ3v) is 8.40. The van der Waals surface area contributed by atoms with Gasteiger partial charge in [-0.2, -0.15) is 0 Å². The van der Waals surface area contributed by atoms with E-state index >= 15 is 0 Å². The number of carbonyl (C=O) groups excluding carboxylic acids is 1. The van der Waals surface area contributed by atoms with Crippen molar-refractivity contribution in [2.45, 2.75) is 86.0 Å². The van der Waals surface area contributed by atoms with E-state index in [2.05, 4.69) is 65.8 Å². The SMILES string of the molecule is CCC12CCCC(C)(C)CC3C=C(C(=O)OCCCN(C)C)C=C(C31)C(C)(C)CC2. The van der Waals surface area contributed by atoms with E-state index in [9.17, 15) is 4.79 Å². The Hall–Kier alpha value is -1.09. The standard InChI is InChI=1S/C27H45NO2/c1-8-27-12-9-11-25(2,3)19-21-17-20(24(29)30-16-10-15-28(6)7)18-22(23(21)27)26(4,5)13-14-27/h17-18,21,23H,8-16,19H2,1-7H3. The molecule has 0 saturated heterocycles. The van der Waals surface area contributed by atoms with E-state index in [0.717, 1.165) is 18.5 Å². The number of rotatable bonds is 6. The molecular weight excluding hydrogens is 370 g/mol. The molecule has 0 spiro atoms. The van der Waals surface area contributed by atoms with Crippen LogP contribution in [-0.2, 0) is 9.53 Å². The molecule has 0 aliphatic heterocycles. The van der Waals surface area contributed by atoms with Gasteiger partial charge in [0.05, 0.1) is 12.2 Å². The second-order valence-electron chi connectivity index (χ2n) is 12.0. The molecule has 2 saturated carbocycles. The number of ether oxygens (including phenoxy) is 1. The number of allylic oxidation sites excluding steroid dienone is 2. The second-order valence-corrected chi connectivity index (χ2v) is 12.0. The highest BCUT2D eigenvalue weighted by atomic mass is 16.5. The zero-order chi connectivity index (χ0) is 22.2. The molecule has 3 nitrogen and oxygen atoms in total. The summed E-state index contributed by atoms with van der Waals surface area (Å²) in [6.45, 7) is 13.5. The van der Waals surface area contributed by atoms with Gasteiger partial charge in [0.25, 0.3) is 0 Å². The molecule has 0 bridgehead atoms. The molecule has 0 radical (unpaired) electrons. The Morgan fingerprint density at radius 3 is 2.53 bits per heavy atom. The summed E-state index contributed by atoms with van der Waals surface area (Å²) >= 11 is 0. The third kappa shape index (κ3) is 4.87. The zero-order valence-corrected chi connectivity index (χ0v) is 20.6. The molecule has 3 rings (SSSR count). The monoisotopic (exact) mass is 415 g/mol. The molecule has 3 atom stereocenters. The highest BCUT2D eigenvalue weighted by Gasteiger charge is 2.53. The van der Waals surface area contributed by atoms with Crippen molar-refractivity contribution in [3.63, 3.8) is 0 Å². The average molecular weight is 416 g/mol. The summed E-state index contributed by atoms with van der Waals surface area (Å²) in [4.78, 5) is 15.1. The van der Waals surface area contributed by atoms with Gasteiger partial charge in [0.15, 0.2) is 0 Å². The van der Waals surface area contributed by atoms with Gasteiger partial charge in [-0.25, -0.2) is 4.79 Å². The molecule has 3 unspecified atom stereocenters. The highest BCUT2D eigenvalue weighted by Crippen LogP contribution is 2.62. The summed E-state index contributed by atoms with van der Waals surface area (Å²) in [5.41, 5.74) is 3.23. The maximum atomic E-state index is 13.0. The predicted molar refractivity (Wildman–Crippen MR) is 125 cm³/mol. The Morgan fingerprint density at radius 2 is 1.87 bits per heavy atom. The lowest BCUT2D eigenvalue weighted by atomic mass is 9.47. The van der Waals surface area contributed by atoms with Crippen LogP contribution < -0.4 is 0 Å². The van der Waals surface area contributed by atoms with E-state index in [1.54, 1.807) is 0 Å². The van der Waals surface area contributed by atoms with Gasteiger partial charge in [-0.1, -0.05) is 52.7 Å². The van der Waals surface area contributed by atoms with Crippen molar-refractivity contribution < 1.29 is 9.53 Å². The topological polar surface area (TPSA) is 29.5 Å². The fourth-order valence-corrected chi connectivity index (χ4v) is 6.57. The molecule has 3 aliphatic carbocycles. The molecule has 0 heterocycles. The fraction of sp³-hybridized carbons (Fsp3) is 0.815. The van der Waals surface area contributed by atoms with Crippen LogP contribution in [0.5, 0.6) is 0 Å². The van der Waals surface area contributed by atoms with Crippen LogP contribution in [0, 0.1) is 28.1 Å². The Kier molecular flexibility index (Phi) is 6.92. The van der Waals surface area contributed by atoms with Gasteiger partial charge in [-0.3, -0.25) is 0 Å². The number of esters is 1. The predicted octanol–water partition coefficient (Wildman–Crippen LogP) is 6.40. The molecule has 0 amide bonds. The Morgan fingerprint density at radius 1 is 1.13 bits per heavy atom. The molecule has 0 aromatic rings. The van der Waals surface area contributed by atoms with Gasteiger partial charge >= 0.3 is 5.97 Å². The van der Waals surface area contributed by atoms with Crippen LogP contribution in [-0.4, -0.2) is 38.1 Å². The Labute approximate surface area is 185 Å². The van der Waals surface area contributed by atoms with Crippen LogP contribution >= 0.6 is 0 Å². The first-order valence-electron chi connectivity index (χ1n) is 12.3. The Balaban J connectivity index is 1.92. The van der Waals surface area contributed by atoms with E-state index < -0.39 is 0 Å². The fourth-order valence-electron chi connectivity index (χ4n) is 6.57. The van der Waals surface area contributed by atoms with Gasteiger partial charge in [-0.05, 0) is 93.2 Å². The van der Waals surface area contributed by atoms with Crippen molar-refractivity contribution in [1.29, 1.82) is 0 Å². The van der Waals surface area contributed by atoms with E-state index in [4.69, 9.17) is 4.74 Å². The van der Waals surface area contributed by atoms with Crippen molar-refractivity contribution in [2.24, 2.45) is 28.1 Å². The normalized spacial score (nSPS) is 32.4. The van der Waals surface area contributed by atoms with Gasteiger partial charge in [-0.15, -0.1) is 0 Å². The summed E-state index contributed by atoms with van der Waals surface area (Å²) < 4.78 is 5.70. The van der Waals surface area contributed by atoms with E-state index in [-0.39, 0.29) is 11.4 Å². The molecule has 30 heavy (non-hydrogen) atoms. The highest BCUT2D eigenvalue weighted by molar-refractivity contribution is 5.92. The van der Waals surface area contributed by atoms with Crippen molar-refractivity contribution in [1.82, 2.24) is 4.90 Å². The number of hydrogen-bond acceptors (Lipinski definition) is 3. The van der Waals surface area contributed by atoms with Crippen molar-refractivity contribution >= 4 is 5.97 Å². The number of carbonyl (C=O) groups is 1. The number of nitrogens with zero attached hydrogens (tertiary/aromatic N) is 1. The van der Waals surface area contributed by atoms with Crippen LogP contribution in [0.4, 0.5) is 0 Å². The summed E-state index contributed by atoms with van der Waals surface area (Å²) in [5.74, 6) is 0.906. The minimum atomic E-state index is -0.122. The van der Waals surface area contributed by atoms with E-state index in [1.807, 2.05) is 0 Å². The van der Waals surface area contributed by atoms with E-state index in [1.165, 1.54) is 50.5 Å².